The van der Waals surface area contributed by atoms with Crippen molar-refractivity contribution in [1.82, 2.24) is 9.97 Å². The third-order valence-corrected chi connectivity index (χ3v) is 2.92. The van der Waals surface area contributed by atoms with Crippen molar-refractivity contribution in [2.75, 3.05) is 21.3 Å². The Kier molecular flexibility index (Phi) is 5.08. The number of carbonyl (C=O) groups excluding carboxylic acids is 1. The molecule has 0 fully saturated rings. The topological polar surface area (TPSA) is 70.5 Å². The number of aromatic nitrogens is 2. The lowest BCUT2D eigenvalue weighted by molar-refractivity contribution is 0.0596. The molecule has 2 aromatic heterocycles. The van der Waals surface area contributed by atoms with Gasteiger partial charge in [-0.2, -0.15) is 0 Å². The molecular weight excluding hydrogens is 284 g/mol. The number of ether oxygens (including phenoxy) is 3. The molecule has 0 saturated heterocycles. The minimum absolute atomic E-state index is 0.242. The monoisotopic (exact) mass is 300 g/mol. The Morgan fingerprint density at radius 1 is 1.18 bits per heavy atom. The third-order valence-electron chi connectivity index (χ3n) is 2.92. The van der Waals surface area contributed by atoms with E-state index in [4.69, 9.17) is 14.2 Å². The molecule has 2 rings (SSSR count). The smallest absolute Gasteiger partial charge is 0.343 e. The summed E-state index contributed by atoms with van der Waals surface area (Å²) >= 11 is 0. The highest BCUT2D eigenvalue weighted by atomic mass is 16.5. The van der Waals surface area contributed by atoms with Crippen LogP contribution in [0.25, 0.3) is 12.2 Å². The Bertz CT molecular complexity index is 684. The average molecular weight is 300 g/mol. The van der Waals surface area contributed by atoms with Crippen LogP contribution in [0.3, 0.4) is 0 Å². The number of carbonyl (C=O) groups is 1. The van der Waals surface area contributed by atoms with E-state index in [2.05, 4.69) is 9.97 Å². The molecule has 0 aliphatic heterocycles. The predicted molar refractivity (Wildman–Crippen MR) is 81.8 cm³/mol. The molecule has 0 radical (unpaired) electrons. The van der Waals surface area contributed by atoms with Crippen molar-refractivity contribution >= 4 is 18.1 Å². The first-order valence-corrected chi connectivity index (χ1v) is 6.49. The SMILES string of the molecule is COC(=O)c1c(OC)cc(OC)nc1C=Cc1cccnc1. The van der Waals surface area contributed by atoms with Crippen LogP contribution in [0.15, 0.2) is 30.6 Å². The maximum absolute atomic E-state index is 12.0. The van der Waals surface area contributed by atoms with Gasteiger partial charge in [-0.1, -0.05) is 12.1 Å². The number of esters is 1. The van der Waals surface area contributed by atoms with Crippen molar-refractivity contribution in [2.24, 2.45) is 0 Å². The Morgan fingerprint density at radius 2 is 2.00 bits per heavy atom. The average Bonchev–Trinajstić information content (AvgIpc) is 2.59. The van der Waals surface area contributed by atoms with Crippen molar-refractivity contribution < 1.29 is 19.0 Å². The van der Waals surface area contributed by atoms with Gasteiger partial charge in [-0.25, -0.2) is 9.78 Å². The van der Waals surface area contributed by atoms with Crippen LogP contribution in [0, 0.1) is 0 Å². The molecule has 0 aliphatic rings. The van der Waals surface area contributed by atoms with Gasteiger partial charge < -0.3 is 14.2 Å². The highest BCUT2D eigenvalue weighted by Crippen LogP contribution is 2.27. The first-order chi connectivity index (χ1) is 10.7. The van der Waals surface area contributed by atoms with Crippen LogP contribution in [0.5, 0.6) is 11.6 Å². The van der Waals surface area contributed by atoms with Gasteiger partial charge >= 0.3 is 5.97 Å². The molecule has 0 bridgehead atoms. The summed E-state index contributed by atoms with van der Waals surface area (Å²) in [5.74, 6) is 0.151. The molecule has 22 heavy (non-hydrogen) atoms. The maximum atomic E-state index is 12.0. The van der Waals surface area contributed by atoms with Gasteiger partial charge in [0.05, 0.1) is 27.0 Å². The summed E-state index contributed by atoms with van der Waals surface area (Å²) in [5, 5.41) is 0. The van der Waals surface area contributed by atoms with E-state index >= 15 is 0 Å². The summed E-state index contributed by atoms with van der Waals surface area (Å²) in [7, 11) is 4.27. The van der Waals surface area contributed by atoms with Crippen molar-refractivity contribution in [2.45, 2.75) is 0 Å². The quantitative estimate of drug-likeness (QED) is 0.790. The molecule has 2 heterocycles. The normalized spacial score (nSPS) is 10.5. The van der Waals surface area contributed by atoms with Gasteiger partial charge in [0.25, 0.3) is 0 Å². The third kappa shape index (κ3) is 3.41. The summed E-state index contributed by atoms with van der Waals surface area (Å²) < 4.78 is 15.2. The van der Waals surface area contributed by atoms with Gasteiger partial charge in [-0.05, 0) is 17.7 Å². The molecule has 0 aromatic carbocycles. The lowest BCUT2D eigenvalue weighted by atomic mass is 10.1. The largest absolute Gasteiger partial charge is 0.496 e. The van der Waals surface area contributed by atoms with Crippen LogP contribution in [0.4, 0.5) is 0 Å². The van der Waals surface area contributed by atoms with Crippen molar-refractivity contribution in [3.63, 3.8) is 0 Å². The van der Waals surface area contributed by atoms with Gasteiger partial charge in [0.2, 0.25) is 5.88 Å². The molecule has 0 aliphatic carbocycles. The van der Waals surface area contributed by atoms with Crippen LogP contribution >= 0.6 is 0 Å². The lowest BCUT2D eigenvalue weighted by Crippen LogP contribution is -2.09. The number of nitrogens with zero attached hydrogens (tertiary/aromatic N) is 2. The number of hydrogen-bond donors (Lipinski definition) is 0. The van der Waals surface area contributed by atoms with Gasteiger partial charge in [-0.3, -0.25) is 4.98 Å². The Balaban J connectivity index is 2.52. The van der Waals surface area contributed by atoms with Crippen LogP contribution in [0.2, 0.25) is 0 Å². The molecule has 6 heteroatoms. The first-order valence-electron chi connectivity index (χ1n) is 6.49. The van der Waals surface area contributed by atoms with Crippen LogP contribution in [-0.2, 0) is 4.74 Å². The second kappa shape index (κ2) is 7.21. The fourth-order valence-corrected chi connectivity index (χ4v) is 1.86. The van der Waals surface area contributed by atoms with Gasteiger partial charge in [-0.15, -0.1) is 0 Å². The van der Waals surface area contributed by atoms with Gasteiger partial charge in [0.1, 0.15) is 11.3 Å². The highest BCUT2D eigenvalue weighted by Gasteiger charge is 2.20. The molecule has 114 valence electrons. The van der Waals surface area contributed by atoms with Crippen LogP contribution in [-0.4, -0.2) is 37.3 Å². The summed E-state index contributed by atoms with van der Waals surface area (Å²) in [6, 6.07) is 5.24. The minimum atomic E-state index is -0.530. The van der Waals surface area contributed by atoms with E-state index in [9.17, 15) is 4.79 Å². The summed E-state index contributed by atoms with van der Waals surface area (Å²) in [4.78, 5) is 20.3. The van der Waals surface area contributed by atoms with E-state index in [0.717, 1.165) is 5.56 Å². The molecule has 0 unspecified atom stereocenters. The molecular formula is C16H16N2O4. The van der Waals surface area contributed by atoms with Crippen molar-refractivity contribution in [3.8, 4) is 11.6 Å². The van der Waals surface area contributed by atoms with Gasteiger partial charge in [0, 0.05) is 18.5 Å². The van der Waals surface area contributed by atoms with Crippen LogP contribution in [0.1, 0.15) is 21.6 Å². The zero-order valence-corrected chi connectivity index (χ0v) is 12.6. The predicted octanol–water partition coefficient (Wildman–Crippen LogP) is 2.45. The second-order valence-corrected chi connectivity index (χ2v) is 4.24. The van der Waals surface area contributed by atoms with Crippen LogP contribution < -0.4 is 9.47 Å². The molecule has 0 saturated carbocycles. The number of methoxy groups -OCH3 is 3. The minimum Gasteiger partial charge on any atom is -0.496 e. The fraction of sp³-hybridized carbons (Fsp3) is 0.188. The molecule has 2 aromatic rings. The zero-order valence-electron chi connectivity index (χ0n) is 12.6. The van der Waals surface area contributed by atoms with E-state index in [-0.39, 0.29) is 5.56 Å². The maximum Gasteiger partial charge on any atom is 0.343 e. The second-order valence-electron chi connectivity index (χ2n) is 4.24. The van der Waals surface area contributed by atoms with E-state index in [0.29, 0.717) is 17.3 Å². The van der Waals surface area contributed by atoms with Crippen molar-refractivity contribution in [1.29, 1.82) is 0 Å². The number of rotatable bonds is 5. The van der Waals surface area contributed by atoms with Crippen molar-refractivity contribution in [3.05, 3.63) is 47.4 Å². The molecule has 0 spiro atoms. The first kappa shape index (κ1) is 15.5. The van der Waals surface area contributed by atoms with E-state index < -0.39 is 5.97 Å². The lowest BCUT2D eigenvalue weighted by Gasteiger charge is -2.11. The van der Waals surface area contributed by atoms with Gasteiger partial charge in [0.15, 0.2) is 0 Å². The fourth-order valence-electron chi connectivity index (χ4n) is 1.86. The molecule has 0 atom stereocenters. The summed E-state index contributed by atoms with van der Waals surface area (Å²) in [5.41, 5.74) is 1.51. The number of hydrogen-bond acceptors (Lipinski definition) is 6. The summed E-state index contributed by atoms with van der Waals surface area (Å²) in [6.07, 6.45) is 6.87. The van der Waals surface area contributed by atoms with E-state index in [1.54, 1.807) is 24.5 Å². The number of pyridine rings is 2. The molecule has 0 amide bonds. The molecule has 0 N–H and O–H groups in total. The Labute approximate surface area is 128 Å². The van der Waals surface area contributed by atoms with E-state index in [1.807, 2.05) is 12.1 Å². The standard InChI is InChI=1S/C16H16N2O4/c1-20-13-9-14(21-2)18-12(15(13)16(19)22-3)7-6-11-5-4-8-17-10-11/h4-10H,1-3H3. The summed E-state index contributed by atoms with van der Waals surface area (Å²) in [6.45, 7) is 0. The zero-order chi connectivity index (χ0) is 15.9. The molecule has 6 nitrogen and oxygen atoms in total. The highest BCUT2D eigenvalue weighted by molar-refractivity contribution is 5.97. The van der Waals surface area contributed by atoms with E-state index in [1.165, 1.54) is 27.4 Å². The Hall–Kier alpha value is -2.89. The Morgan fingerprint density at radius 3 is 2.59 bits per heavy atom.